The molecule has 1 aromatic heterocycles. The molecule has 7 heteroatoms. The highest BCUT2D eigenvalue weighted by atomic mass is 32.2. The zero-order valence-corrected chi connectivity index (χ0v) is 17.7. The molecule has 0 fully saturated rings. The molecule has 0 amide bonds. The van der Waals surface area contributed by atoms with Gasteiger partial charge in [-0.05, 0) is 36.2 Å². The van der Waals surface area contributed by atoms with Crippen LogP contribution in [0.1, 0.15) is 22.9 Å². The van der Waals surface area contributed by atoms with Gasteiger partial charge in [-0.15, -0.1) is 0 Å². The summed E-state index contributed by atoms with van der Waals surface area (Å²) in [6.45, 7) is 1.74. The van der Waals surface area contributed by atoms with Crippen LogP contribution in [0.15, 0.2) is 71.8 Å². The zero-order valence-electron chi connectivity index (χ0n) is 16.9. The molecule has 0 aliphatic heterocycles. The van der Waals surface area contributed by atoms with Gasteiger partial charge in [-0.1, -0.05) is 36.4 Å². The van der Waals surface area contributed by atoms with E-state index in [1.54, 1.807) is 32.3 Å². The van der Waals surface area contributed by atoms with Gasteiger partial charge in [0.25, 0.3) is 0 Å². The number of pyridine rings is 1. The van der Waals surface area contributed by atoms with E-state index in [1.807, 2.05) is 42.5 Å². The third-order valence-corrected chi connectivity index (χ3v) is 6.75. The molecule has 3 rings (SSSR count). The first-order chi connectivity index (χ1) is 13.9. The number of aromatic nitrogens is 1. The average Bonchev–Trinajstić information content (AvgIpc) is 2.75. The SMILES string of the molecule is COc1cc(C)c(S(=O)(=O)N(C)C(c2ccccc2)c2ccccn2)cc1OC. The van der Waals surface area contributed by atoms with E-state index >= 15 is 0 Å². The topological polar surface area (TPSA) is 68.7 Å². The molecule has 0 bridgehead atoms. The Bertz CT molecular complexity index is 1030. The Morgan fingerprint density at radius 3 is 2.14 bits per heavy atom. The largest absolute Gasteiger partial charge is 0.493 e. The molecule has 6 nitrogen and oxygen atoms in total. The maximum Gasteiger partial charge on any atom is 0.244 e. The lowest BCUT2D eigenvalue weighted by atomic mass is 10.0. The third kappa shape index (κ3) is 4.11. The molecular formula is C22H24N2O4S. The summed E-state index contributed by atoms with van der Waals surface area (Å²) < 4.78 is 39.2. The first-order valence-corrected chi connectivity index (χ1v) is 10.5. The van der Waals surface area contributed by atoms with Crippen molar-refractivity contribution in [2.75, 3.05) is 21.3 Å². The van der Waals surface area contributed by atoms with E-state index < -0.39 is 16.1 Å². The predicted molar refractivity (Wildman–Crippen MR) is 112 cm³/mol. The van der Waals surface area contributed by atoms with Crippen molar-refractivity contribution >= 4 is 10.0 Å². The van der Waals surface area contributed by atoms with Crippen LogP contribution in [0, 0.1) is 6.92 Å². The van der Waals surface area contributed by atoms with Crippen LogP contribution in [0.3, 0.4) is 0 Å². The van der Waals surface area contributed by atoms with Gasteiger partial charge in [-0.2, -0.15) is 4.31 Å². The van der Waals surface area contributed by atoms with Gasteiger partial charge in [0.1, 0.15) is 0 Å². The van der Waals surface area contributed by atoms with Crippen molar-refractivity contribution in [2.24, 2.45) is 0 Å². The van der Waals surface area contributed by atoms with Crippen LogP contribution in [-0.2, 0) is 10.0 Å². The molecule has 1 unspecified atom stereocenters. The van der Waals surface area contributed by atoms with E-state index in [1.165, 1.54) is 24.6 Å². The number of rotatable bonds is 7. The smallest absolute Gasteiger partial charge is 0.244 e. The summed E-state index contributed by atoms with van der Waals surface area (Å²) in [5.74, 6) is 0.843. The van der Waals surface area contributed by atoms with Crippen molar-refractivity contribution in [3.8, 4) is 11.5 Å². The van der Waals surface area contributed by atoms with Crippen LogP contribution in [0.4, 0.5) is 0 Å². The Labute approximate surface area is 171 Å². The molecule has 0 radical (unpaired) electrons. The number of nitrogens with zero attached hydrogens (tertiary/aromatic N) is 2. The van der Waals surface area contributed by atoms with Gasteiger partial charge in [-0.25, -0.2) is 8.42 Å². The summed E-state index contributed by atoms with van der Waals surface area (Å²) >= 11 is 0. The van der Waals surface area contributed by atoms with Crippen molar-refractivity contribution in [2.45, 2.75) is 17.9 Å². The second-order valence-electron chi connectivity index (χ2n) is 6.56. The Kier molecular flexibility index (Phi) is 6.20. The molecular weight excluding hydrogens is 388 g/mol. The molecule has 1 heterocycles. The monoisotopic (exact) mass is 412 g/mol. The quantitative estimate of drug-likeness (QED) is 0.590. The van der Waals surface area contributed by atoms with E-state index in [4.69, 9.17) is 9.47 Å². The van der Waals surface area contributed by atoms with Gasteiger partial charge >= 0.3 is 0 Å². The fraction of sp³-hybridized carbons (Fsp3) is 0.227. The summed E-state index contributed by atoms with van der Waals surface area (Å²) in [4.78, 5) is 4.58. The lowest BCUT2D eigenvalue weighted by Crippen LogP contribution is -2.33. The van der Waals surface area contributed by atoms with E-state index in [0.717, 1.165) is 5.56 Å². The van der Waals surface area contributed by atoms with E-state index in [0.29, 0.717) is 22.8 Å². The highest BCUT2D eigenvalue weighted by molar-refractivity contribution is 7.89. The fourth-order valence-electron chi connectivity index (χ4n) is 3.27. The Morgan fingerprint density at radius 2 is 1.55 bits per heavy atom. The second-order valence-corrected chi connectivity index (χ2v) is 8.53. The van der Waals surface area contributed by atoms with Gasteiger partial charge < -0.3 is 9.47 Å². The van der Waals surface area contributed by atoms with Crippen LogP contribution in [0.2, 0.25) is 0 Å². The Balaban J connectivity index is 2.14. The fourth-order valence-corrected chi connectivity index (χ4v) is 4.81. The summed E-state index contributed by atoms with van der Waals surface area (Å²) in [6, 6.07) is 17.5. The first kappa shape index (κ1) is 20.8. The molecule has 0 N–H and O–H groups in total. The van der Waals surface area contributed by atoms with Crippen molar-refractivity contribution < 1.29 is 17.9 Å². The number of aryl methyl sites for hydroxylation is 1. The van der Waals surface area contributed by atoms with Crippen LogP contribution in [0.5, 0.6) is 11.5 Å². The van der Waals surface area contributed by atoms with Crippen molar-refractivity contribution in [3.63, 3.8) is 0 Å². The van der Waals surface area contributed by atoms with Crippen LogP contribution in [-0.4, -0.2) is 39.0 Å². The van der Waals surface area contributed by atoms with Crippen molar-refractivity contribution in [1.82, 2.24) is 9.29 Å². The maximum absolute atomic E-state index is 13.6. The van der Waals surface area contributed by atoms with Gasteiger partial charge in [0.15, 0.2) is 11.5 Å². The molecule has 1 atom stereocenters. The summed E-state index contributed by atoms with van der Waals surface area (Å²) in [6.07, 6.45) is 1.66. The lowest BCUT2D eigenvalue weighted by Gasteiger charge is -2.28. The standard InChI is InChI=1S/C22H24N2O4S/c1-16-14-19(27-3)20(28-4)15-21(16)29(25,26)24(2)22(17-10-6-5-7-11-17)18-12-8-9-13-23-18/h5-15,22H,1-4H3. The van der Waals surface area contributed by atoms with Gasteiger partial charge in [0.2, 0.25) is 10.0 Å². The molecule has 0 saturated heterocycles. The molecule has 152 valence electrons. The molecule has 3 aromatic rings. The molecule has 29 heavy (non-hydrogen) atoms. The van der Waals surface area contributed by atoms with E-state index in [2.05, 4.69) is 4.98 Å². The number of benzene rings is 2. The zero-order chi connectivity index (χ0) is 21.0. The van der Waals surface area contributed by atoms with E-state index in [-0.39, 0.29) is 4.90 Å². The minimum Gasteiger partial charge on any atom is -0.493 e. The molecule has 2 aromatic carbocycles. The number of methoxy groups -OCH3 is 2. The highest BCUT2D eigenvalue weighted by Gasteiger charge is 2.33. The first-order valence-electron chi connectivity index (χ1n) is 9.06. The molecule has 0 saturated carbocycles. The normalized spacial score (nSPS) is 12.6. The van der Waals surface area contributed by atoms with Gasteiger partial charge in [0.05, 0.1) is 30.9 Å². The average molecular weight is 413 g/mol. The summed E-state index contributed by atoms with van der Waals surface area (Å²) in [7, 11) is 0.700. The maximum atomic E-state index is 13.6. The second kappa shape index (κ2) is 8.63. The van der Waals surface area contributed by atoms with Crippen LogP contribution < -0.4 is 9.47 Å². The van der Waals surface area contributed by atoms with Gasteiger partial charge in [0, 0.05) is 19.3 Å². The summed E-state index contributed by atoms with van der Waals surface area (Å²) in [5, 5.41) is 0. The number of ether oxygens (including phenoxy) is 2. The third-order valence-electron chi connectivity index (χ3n) is 4.79. The van der Waals surface area contributed by atoms with Crippen molar-refractivity contribution in [1.29, 1.82) is 0 Å². The predicted octanol–water partition coefficient (Wildman–Crippen LogP) is 3.82. The minimum atomic E-state index is -3.86. The van der Waals surface area contributed by atoms with Crippen LogP contribution >= 0.6 is 0 Å². The highest BCUT2D eigenvalue weighted by Crippen LogP contribution is 2.36. The van der Waals surface area contributed by atoms with E-state index in [9.17, 15) is 8.42 Å². The molecule has 0 aliphatic rings. The summed E-state index contributed by atoms with van der Waals surface area (Å²) in [5.41, 5.74) is 2.04. The Hall–Kier alpha value is -2.90. The lowest BCUT2D eigenvalue weighted by molar-refractivity contribution is 0.353. The minimum absolute atomic E-state index is 0.162. The van der Waals surface area contributed by atoms with Crippen molar-refractivity contribution in [3.05, 3.63) is 83.7 Å². The number of hydrogen-bond donors (Lipinski definition) is 0. The number of hydrogen-bond acceptors (Lipinski definition) is 5. The van der Waals surface area contributed by atoms with Gasteiger partial charge in [-0.3, -0.25) is 4.98 Å². The molecule has 0 spiro atoms. The molecule has 0 aliphatic carbocycles. The Morgan fingerprint density at radius 1 is 0.931 bits per heavy atom. The van der Waals surface area contributed by atoms with Crippen LogP contribution in [0.25, 0.3) is 0 Å². The number of sulfonamides is 1.